The number of amides is 1. The number of hydrogen-bond donors (Lipinski definition) is 0. The van der Waals surface area contributed by atoms with Crippen molar-refractivity contribution in [1.82, 2.24) is 9.80 Å². The zero-order valence-electron chi connectivity index (χ0n) is 25.5. The van der Waals surface area contributed by atoms with Crippen LogP contribution in [0.25, 0.3) is 0 Å². The number of ketones is 1. The van der Waals surface area contributed by atoms with Crippen molar-refractivity contribution >= 4 is 21.5 Å². The van der Waals surface area contributed by atoms with Gasteiger partial charge in [-0.25, -0.2) is 8.42 Å². The largest absolute Gasteiger partial charge is 0.377 e. The molecule has 0 aliphatic carbocycles. The molecular formula is C32H44N2O8S. The summed E-state index contributed by atoms with van der Waals surface area (Å²) in [5.74, 6) is 1.63. The number of aryl methyl sites for hydroxylation is 1. The number of likely N-dealkylation sites (N-methyl/N-ethyl adjacent to an activating group) is 1. The Hall–Kier alpha value is -3.11. The van der Waals surface area contributed by atoms with Crippen LogP contribution in [0.2, 0.25) is 0 Å². The van der Waals surface area contributed by atoms with E-state index in [0.29, 0.717) is 77.0 Å². The van der Waals surface area contributed by atoms with Crippen LogP contribution in [0, 0.1) is 19.3 Å². The topological polar surface area (TPSA) is 112 Å². The van der Waals surface area contributed by atoms with Gasteiger partial charge >= 0.3 is 0 Å². The molecule has 0 radical (unpaired) electrons. The smallest absolute Gasteiger partial charge is 0.253 e. The molecule has 0 spiro atoms. The van der Waals surface area contributed by atoms with Gasteiger partial charge in [-0.1, -0.05) is 35.7 Å². The normalized spacial score (nSPS) is 11.4. The maximum Gasteiger partial charge on any atom is 0.253 e. The molecule has 0 N–H and O–H groups in total. The summed E-state index contributed by atoms with van der Waals surface area (Å²) in [5, 5.41) is 0. The molecule has 0 saturated carbocycles. The summed E-state index contributed by atoms with van der Waals surface area (Å²) < 4.78 is 46.8. The van der Waals surface area contributed by atoms with Gasteiger partial charge in [0.2, 0.25) is 0 Å². The molecule has 0 unspecified atom stereocenters. The second-order valence-corrected chi connectivity index (χ2v) is 12.2. The van der Waals surface area contributed by atoms with Crippen molar-refractivity contribution < 1.29 is 37.0 Å². The molecule has 0 fully saturated rings. The number of rotatable bonds is 22. The van der Waals surface area contributed by atoms with Gasteiger partial charge in [-0.2, -0.15) is 0 Å². The highest BCUT2D eigenvalue weighted by Crippen LogP contribution is 2.15. The van der Waals surface area contributed by atoms with Crippen LogP contribution in [0.15, 0.2) is 53.4 Å². The van der Waals surface area contributed by atoms with Crippen LogP contribution in [0.1, 0.15) is 32.7 Å². The van der Waals surface area contributed by atoms with Crippen LogP contribution in [-0.2, 0) is 28.8 Å². The van der Waals surface area contributed by atoms with Crippen molar-refractivity contribution in [3.8, 4) is 12.3 Å². The van der Waals surface area contributed by atoms with E-state index in [4.69, 9.17) is 25.4 Å². The molecule has 10 nitrogen and oxygen atoms in total. The average Bonchev–Trinajstić information content (AvgIpc) is 2.99. The molecule has 2 aromatic carbocycles. The number of Topliss-reactive ketones (excluding diaryl/α,β-unsaturated/α-hetero) is 1. The molecule has 1 amide bonds. The fourth-order valence-corrected chi connectivity index (χ4v) is 5.06. The zero-order valence-corrected chi connectivity index (χ0v) is 26.3. The minimum absolute atomic E-state index is 0.144. The lowest BCUT2D eigenvalue weighted by atomic mass is 10.1. The first-order valence-corrected chi connectivity index (χ1v) is 15.9. The predicted molar refractivity (Wildman–Crippen MR) is 165 cm³/mol. The first-order chi connectivity index (χ1) is 20.6. The number of carbonyl (C=O) groups excluding carboxylic acids is 2. The number of sulfone groups is 1. The second kappa shape index (κ2) is 20.0. The van der Waals surface area contributed by atoms with Gasteiger partial charge in [0.25, 0.3) is 5.91 Å². The molecule has 0 atom stereocenters. The lowest BCUT2D eigenvalue weighted by Gasteiger charge is -2.24. The van der Waals surface area contributed by atoms with E-state index in [1.165, 1.54) is 0 Å². The molecule has 2 aromatic rings. The Bertz CT molecular complexity index is 1260. The third-order valence-electron chi connectivity index (χ3n) is 6.34. The SMILES string of the molecule is C#CCOCCOCCOCCOCCN(CCN(C)C)C(=O)c1ccc(C(=O)CCS(=O)(=O)c2ccc(C)cc2)cc1. The van der Waals surface area contributed by atoms with Gasteiger partial charge in [-0.15, -0.1) is 6.42 Å². The van der Waals surface area contributed by atoms with Crippen LogP contribution in [-0.4, -0.2) is 122 Å². The molecular weight excluding hydrogens is 572 g/mol. The lowest BCUT2D eigenvalue weighted by molar-refractivity contribution is -0.000922. The summed E-state index contributed by atoms with van der Waals surface area (Å²) in [6.07, 6.45) is 4.95. The van der Waals surface area contributed by atoms with E-state index in [9.17, 15) is 18.0 Å². The van der Waals surface area contributed by atoms with E-state index in [2.05, 4.69) is 5.92 Å². The predicted octanol–water partition coefficient (Wildman–Crippen LogP) is 2.75. The molecule has 236 valence electrons. The molecule has 11 heteroatoms. The monoisotopic (exact) mass is 616 g/mol. The number of hydrogen-bond acceptors (Lipinski definition) is 9. The van der Waals surface area contributed by atoms with E-state index in [-0.39, 0.29) is 35.4 Å². The van der Waals surface area contributed by atoms with Gasteiger partial charge < -0.3 is 28.7 Å². The van der Waals surface area contributed by atoms with Gasteiger partial charge in [0.1, 0.15) is 6.61 Å². The number of benzene rings is 2. The Balaban J connectivity index is 1.79. The van der Waals surface area contributed by atoms with Crippen molar-refractivity contribution in [3.05, 3.63) is 65.2 Å². The molecule has 0 bridgehead atoms. The van der Waals surface area contributed by atoms with E-state index < -0.39 is 9.84 Å². The molecule has 0 heterocycles. The Labute approximate surface area is 256 Å². The van der Waals surface area contributed by atoms with Gasteiger partial charge in [0.05, 0.1) is 56.9 Å². The Morgan fingerprint density at radius 3 is 1.84 bits per heavy atom. The molecule has 0 aliphatic heterocycles. The molecule has 2 rings (SSSR count). The van der Waals surface area contributed by atoms with E-state index >= 15 is 0 Å². The van der Waals surface area contributed by atoms with Gasteiger partial charge in [0.15, 0.2) is 15.6 Å². The van der Waals surface area contributed by atoms with Crippen LogP contribution < -0.4 is 0 Å². The number of nitrogens with zero attached hydrogens (tertiary/aromatic N) is 2. The lowest BCUT2D eigenvalue weighted by Crippen LogP contribution is -2.39. The highest BCUT2D eigenvalue weighted by Gasteiger charge is 2.19. The molecule has 0 aromatic heterocycles. The summed E-state index contributed by atoms with van der Waals surface area (Å²) in [6.45, 7) is 6.65. The van der Waals surface area contributed by atoms with Crippen molar-refractivity contribution in [2.24, 2.45) is 0 Å². The van der Waals surface area contributed by atoms with Gasteiger partial charge in [0, 0.05) is 37.2 Å². The highest BCUT2D eigenvalue weighted by molar-refractivity contribution is 7.91. The minimum atomic E-state index is -3.57. The maximum atomic E-state index is 13.3. The van der Waals surface area contributed by atoms with Crippen LogP contribution in [0.5, 0.6) is 0 Å². The summed E-state index contributed by atoms with van der Waals surface area (Å²) in [7, 11) is 0.298. The van der Waals surface area contributed by atoms with Crippen molar-refractivity contribution in [2.45, 2.75) is 18.2 Å². The molecule has 0 aliphatic rings. The van der Waals surface area contributed by atoms with Crippen molar-refractivity contribution in [1.29, 1.82) is 0 Å². The van der Waals surface area contributed by atoms with Crippen molar-refractivity contribution in [3.63, 3.8) is 0 Å². The van der Waals surface area contributed by atoms with Crippen LogP contribution in [0.4, 0.5) is 0 Å². The summed E-state index contributed by atoms with van der Waals surface area (Å²) >= 11 is 0. The van der Waals surface area contributed by atoms with Gasteiger partial charge in [-0.05, 0) is 45.3 Å². The Morgan fingerprint density at radius 1 is 0.744 bits per heavy atom. The standard InChI is InChI=1S/C32H44N2O8S/c1-5-18-39-20-22-41-24-25-42-23-21-40-19-17-34(16-15-33(3)4)32(36)29-10-8-28(9-11-29)31(35)14-26-43(37,38)30-12-6-27(2)7-13-30/h1,6-13H,14-26H2,2-4H3. The zero-order chi connectivity index (χ0) is 31.5. The fourth-order valence-electron chi connectivity index (χ4n) is 3.82. The third kappa shape index (κ3) is 14.3. The van der Waals surface area contributed by atoms with Crippen LogP contribution >= 0.6 is 0 Å². The summed E-state index contributed by atoms with van der Waals surface area (Å²) in [6, 6.07) is 12.9. The molecule has 43 heavy (non-hydrogen) atoms. The van der Waals surface area contributed by atoms with Crippen molar-refractivity contribution in [2.75, 3.05) is 92.3 Å². The Morgan fingerprint density at radius 2 is 1.28 bits per heavy atom. The van der Waals surface area contributed by atoms with E-state index in [1.807, 2.05) is 25.9 Å². The van der Waals surface area contributed by atoms with Crippen LogP contribution in [0.3, 0.4) is 0 Å². The number of ether oxygens (including phenoxy) is 4. The first kappa shape index (κ1) is 36.1. The average molecular weight is 617 g/mol. The number of terminal acetylenes is 1. The van der Waals surface area contributed by atoms with E-state index in [0.717, 1.165) is 5.56 Å². The quantitative estimate of drug-likeness (QED) is 0.112. The summed E-state index contributed by atoms with van der Waals surface area (Å²) in [4.78, 5) is 29.9. The third-order valence-corrected chi connectivity index (χ3v) is 8.08. The summed E-state index contributed by atoms with van der Waals surface area (Å²) in [5.41, 5.74) is 1.76. The first-order valence-electron chi connectivity index (χ1n) is 14.2. The minimum Gasteiger partial charge on any atom is -0.377 e. The second-order valence-electron chi connectivity index (χ2n) is 10.1. The fraction of sp³-hybridized carbons (Fsp3) is 0.500. The maximum absolute atomic E-state index is 13.3. The van der Waals surface area contributed by atoms with Gasteiger partial charge in [-0.3, -0.25) is 9.59 Å². The number of carbonyl (C=O) groups is 2. The molecule has 0 saturated heterocycles. The highest BCUT2D eigenvalue weighted by atomic mass is 32.2. The van der Waals surface area contributed by atoms with E-state index in [1.54, 1.807) is 53.4 Å². The Kier molecular flexibility index (Phi) is 16.7.